The van der Waals surface area contributed by atoms with Crippen LogP contribution in [0.3, 0.4) is 0 Å². The van der Waals surface area contributed by atoms with Crippen LogP contribution in [0.15, 0.2) is 82.0 Å². The molecule has 1 aromatic heterocycles. The van der Waals surface area contributed by atoms with E-state index in [1.165, 1.54) is 35.5 Å². The number of rotatable bonds is 12. The second-order valence-corrected chi connectivity index (χ2v) is 11.3. The lowest BCUT2D eigenvalue weighted by molar-refractivity contribution is 0.286. The minimum atomic E-state index is -0.620. The van der Waals surface area contributed by atoms with Crippen molar-refractivity contribution in [3.05, 3.63) is 93.6 Å². The monoisotopic (exact) mass is 658 g/mol. The van der Waals surface area contributed by atoms with Crippen molar-refractivity contribution in [1.29, 1.82) is 0 Å². The lowest BCUT2D eigenvalue weighted by Gasteiger charge is -2.32. The highest BCUT2D eigenvalue weighted by molar-refractivity contribution is 6.30. The minimum Gasteiger partial charge on any atom is -0.496 e. The highest BCUT2D eigenvalue weighted by Crippen LogP contribution is 2.45. The van der Waals surface area contributed by atoms with E-state index >= 15 is 0 Å². The minimum absolute atomic E-state index is 0.0198. The first kappa shape index (κ1) is 31.7. The summed E-state index contributed by atoms with van der Waals surface area (Å²) in [5, 5.41) is 8.20. The number of methoxy groups -OCH3 is 5. The van der Waals surface area contributed by atoms with E-state index in [-0.39, 0.29) is 29.1 Å². The van der Waals surface area contributed by atoms with Gasteiger partial charge in [-0.15, -0.1) is 0 Å². The summed E-state index contributed by atoms with van der Waals surface area (Å²) in [6.07, 6.45) is 1.17. The molecule has 0 aliphatic carbocycles. The van der Waals surface area contributed by atoms with Crippen molar-refractivity contribution in [3.8, 4) is 45.8 Å². The number of ether oxygens (including phenoxy) is 6. The molecule has 0 spiro atoms. The quantitative estimate of drug-likeness (QED) is 0.129. The Bertz CT molecular complexity index is 1930. The van der Waals surface area contributed by atoms with E-state index in [0.29, 0.717) is 52.2 Å². The van der Waals surface area contributed by atoms with Crippen LogP contribution in [0.25, 0.3) is 22.3 Å². The van der Waals surface area contributed by atoms with E-state index < -0.39 is 11.1 Å². The number of fused-ring (bicyclic) bond motifs is 2. The van der Waals surface area contributed by atoms with Crippen LogP contribution in [0.5, 0.6) is 34.5 Å². The molecule has 5 aromatic rings. The molecule has 11 heteroatoms. The normalized spacial score (nSPS) is 12.9. The Labute approximate surface area is 277 Å². The predicted molar refractivity (Wildman–Crippen MR) is 182 cm³/mol. The third-order valence-corrected chi connectivity index (χ3v) is 8.43. The summed E-state index contributed by atoms with van der Waals surface area (Å²) < 4.78 is 40.5. The first-order valence-electron chi connectivity index (χ1n) is 14.9. The van der Waals surface area contributed by atoms with E-state index in [4.69, 9.17) is 44.4 Å². The van der Waals surface area contributed by atoms with Crippen molar-refractivity contribution in [1.82, 2.24) is 0 Å². The Morgan fingerprint density at radius 3 is 1.96 bits per heavy atom. The molecule has 0 saturated carbocycles. The Balaban J connectivity index is 1.39. The van der Waals surface area contributed by atoms with Crippen molar-refractivity contribution in [2.45, 2.75) is 18.5 Å². The number of hydrogen-bond acceptors (Lipinski definition) is 10. The molecule has 0 fully saturated rings. The van der Waals surface area contributed by atoms with Crippen LogP contribution in [-0.4, -0.2) is 42.2 Å². The summed E-state index contributed by atoms with van der Waals surface area (Å²) in [5.41, 5.74) is 2.73. The number of benzene rings is 4. The topological polar surface area (TPSA) is 110 Å². The zero-order valence-electron chi connectivity index (χ0n) is 26.7. The standard InChI is InChI=1S/C36H35ClN2O8/c1-41-24-19-27(42-2)31-28(20-24)47-33(21-17-29(43-3)34(45-5)30(18-21)44-4)35(32(31)40)46-16-8-15-36(22-11-13-23(37)14-12-22)38-25-9-6-7-10-26(25)39-36/h6-7,9-14,17-20,38-39H,8,15-16H2,1-5H3. The Hall–Kier alpha value is -5.22. The number of nitrogens with one attached hydrogen (secondary N) is 2. The average molecular weight is 659 g/mol. The van der Waals surface area contributed by atoms with Crippen molar-refractivity contribution >= 4 is 33.9 Å². The van der Waals surface area contributed by atoms with Crippen LogP contribution in [0.2, 0.25) is 5.02 Å². The highest BCUT2D eigenvalue weighted by atomic mass is 35.5. The maximum atomic E-state index is 14.2. The van der Waals surface area contributed by atoms with Crippen LogP contribution in [0, 0.1) is 0 Å². The summed E-state index contributed by atoms with van der Waals surface area (Å²) in [5.74, 6) is 2.15. The molecule has 1 aliphatic heterocycles. The number of hydrogen-bond donors (Lipinski definition) is 2. The van der Waals surface area contributed by atoms with Crippen molar-refractivity contribution in [2.24, 2.45) is 0 Å². The van der Waals surface area contributed by atoms with E-state index in [9.17, 15) is 4.79 Å². The molecule has 244 valence electrons. The Morgan fingerprint density at radius 1 is 0.745 bits per heavy atom. The van der Waals surface area contributed by atoms with Crippen LogP contribution < -0.4 is 44.5 Å². The van der Waals surface area contributed by atoms with Gasteiger partial charge in [0.2, 0.25) is 16.9 Å². The van der Waals surface area contributed by atoms with Gasteiger partial charge in [0.05, 0.1) is 53.5 Å². The molecule has 4 aromatic carbocycles. The van der Waals surface area contributed by atoms with Gasteiger partial charge in [-0.05, 0) is 54.8 Å². The van der Waals surface area contributed by atoms with Gasteiger partial charge >= 0.3 is 0 Å². The largest absolute Gasteiger partial charge is 0.496 e. The van der Waals surface area contributed by atoms with Gasteiger partial charge in [-0.3, -0.25) is 4.79 Å². The number of anilines is 2. The fourth-order valence-electron chi connectivity index (χ4n) is 5.91. The Morgan fingerprint density at radius 2 is 1.38 bits per heavy atom. The first-order chi connectivity index (χ1) is 22.8. The zero-order valence-corrected chi connectivity index (χ0v) is 27.4. The van der Waals surface area contributed by atoms with E-state index in [1.807, 2.05) is 48.5 Å². The van der Waals surface area contributed by atoms with Crippen LogP contribution in [0.4, 0.5) is 11.4 Å². The third-order valence-electron chi connectivity index (χ3n) is 8.18. The van der Waals surface area contributed by atoms with Crippen LogP contribution in [-0.2, 0) is 5.66 Å². The molecule has 10 nitrogen and oxygen atoms in total. The van der Waals surface area contributed by atoms with Crippen LogP contribution in [0.1, 0.15) is 18.4 Å². The highest BCUT2D eigenvalue weighted by Gasteiger charge is 2.37. The third kappa shape index (κ3) is 5.92. The summed E-state index contributed by atoms with van der Waals surface area (Å²) in [4.78, 5) is 14.2. The lowest BCUT2D eigenvalue weighted by Crippen LogP contribution is -2.39. The molecule has 0 radical (unpaired) electrons. The smallest absolute Gasteiger partial charge is 0.239 e. The molecule has 47 heavy (non-hydrogen) atoms. The second-order valence-electron chi connectivity index (χ2n) is 10.9. The summed E-state index contributed by atoms with van der Waals surface area (Å²) in [6.45, 7) is 0.196. The van der Waals surface area contributed by atoms with E-state index in [0.717, 1.165) is 16.9 Å². The molecule has 0 unspecified atom stereocenters. The summed E-state index contributed by atoms with van der Waals surface area (Å²) >= 11 is 6.22. The number of halogens is 1. The Kier molecular flexibility index (Phi) is 8.95. The molecule has 0 bridgehead atoms. The fraction of sp³-hybridized carbons (Fsp3) is 0.250. The van der Waals surface area contributed by atoms with Gasteiger partial charge in [0.15, 0.2) is 17.3 Å². The van der Waals surface area contributed by atoms with Crippen molar-refractivity contribution < 1.29 is 32.8 Å². The lowest BCUT2D eigenvalue weighted by atomic mass is 9.95. The maximum absolute atomic E-state index is 14.2. The van der Waals surface area contributed by atoms with Gasteiger partial charge in [0.1, 0.15) is 28.1 Å². The van der Waals surface area contributed by atoms with E-state index in [2.05, 4.69) is 10.6 Å². The maximum Gasteiger partial charge on any atom is 0.239 e. The van der Waals surface area contributed by atoms with Gasteiger partial charge in [0, 0.05) is 22.7 Å². The summed E-state index contributed by atoms with van der Waals surface area (Å²) in [6, 6.07) is 22.4. The van der Waals surface area contributed by atoms with Gasteiger partial charge in [0.25, 0.3) is 0 Å². The van der Waals surface area contributed by atoms with Gasteiger partial charge in [-0.25, -0.2) is 0 Å². The van der Waals surface area contributed by atoms with E-state index in [1.54, 1.807) is 24.3 Å². The van der Waals surface area contributed by atoms with Gasteiger partial charge in [-0.2, -0.15) is 0 Å². The second kappa shape index (κ2) is 13.3. The fourth-order valence-corrected chi connectivity index (χ4v) is 6.03. The molecule has 0 amide bonds. The average Bonchev–Trinajstić information content (AvgIpc) is 3.49. The zero-order chi connectivity index (χ0) is 33.1. The van der Waals surface area contributed by atoms with Gasteiger partial charge in [-0.1, -0.05) is 35.9 Å². The molecule has 0 saturated heterocycles. The van der Waals surface area contributed by atoms with Crippen molar-refractivity contribution in [2.75, 3.05) is 52.8 Å². The first-order valence-corrected chi connectivity index (χ1v) is 15.3. The SMILES string of the molecule is COc1cc(OC)c2c(=O)c(OCCCC3(c4ccc(Cl)cc4)Nc4ccccc4N3)c(-c3cc(OC)c(OC)c(OC)c3)oc2c1. The molecular formula is C36H35ClN2O8. The molecule has 0 atom stereocenters. The van der Waals surface area contributed by atoms with Crippen molar-refractivity contribution in [3.63, 3.8) is 0 Å². The number of para-hydroxylation sites is 2. The molecule has 6 rings (SSSR count). The van der Waals surface area contributed by atoms with Crippen LogP contribution >= 0.6 is 11.6 Å². The molecule has 2 heterocycles. The predicted octanol–water partition coefficient (Wildman–Crippen LogP) is 7.71. The van der Waals surface area contributed by atoms with Gasteiger partial charge < -0.3 is 43.5 Å². The molecule has 2 N–H and O–H groups in total. The summed E-state index contributed by atoms with van der Waals surface area (Å²) in [7, 11) is 7.57. The molecule has 1 aliphatic rings. The molecular weight excluding hydrogens is 624 g/mol.